The van der Waals surface area contributed by atoms with Crippen molar-refractivity contribution in [2.24, 2.45) is 6.98 Å². The molecule has 1 aromatic heterocycles. The molecule has 0 bridgehead atoms. The molecule has 1 heterocycles. The van der Waals surface area contributed by atoms with Crippen molar-refractivity contribution in [2.75, 3.05) is 19.3 Å². The Kier molecular flexibility index (Phi) is 0.672. The number of carbonyl (C=O) groups is 1. The topological polar surface area (TPSA) is 59.0 Å². The van der Waals surface area contributed by atoms with Gasteiger partial charge in [-0.1, -0.05) is 0 Å². The van der Waals surface area contributed by atoms with E-state index in [0.29, 0.717) is 4.57 Å². The first-order valence-corrected chi connectivity index (χ1v) is 2.89. The van der Waals surface area contributed by atoms with Gasteiger partial charge in [-0.15, -0.1) is 0 Å². The standard InChI is InChI=1S/C7H12N4O/c1-8-6-5(7(12)9-2)11(3)4-10-6/h4,8H,1-3H3,(H,9,12)/i1D3,2D3,3D3. The second-order valence-electron chi connectivity index (χ2n) is 1.89. The molecule has 1 amide bonds. The summed E-state index contributed by atoms with van der Waals surface area (Å²) in [5, 5.41) is 3.47. The Labute approximate surface area is 83.4 Å². The fourth-order valence-corrected chi connectivity index (χ4v) is 0.716. The normalized spacial score (nSPS) is 23.8. The molecule has 5 heteroatoms. The number of aryl methyl sites for hydroxylation is 1. The number of nitrogens with zero attached hydrogens (tertiary/aromatic N) is 2. The number of hydrogen-bond acceptors (Lipinski definition) is 3. The quantitative estimate of drug-likeness (QED) is 0.659. The van der Waals surface area contributed by atoms with Gasteiger partial charge in [0, 0.05) is 33.3 Å². The van der Waals surface area contributed by atoms with Gasteiger partial charge in [0.15, 0.2) is 11.5 Å². The lowest BCUT2D eigenvalue weighted by atomic mass is 10.4. The molecule has 0 aromatic carbocycles. The first-order chi connectivity index (χ1) is 9.21. The largest absolute Gasteiger partial charge is 0.371 e. The highest BCUT2D eigenvalue weighted by molar-refractivity contribution is 5.96. The second-order valence-corrected chi connectivity index (χ2v) is 1.89. The molecule has 0 aliphatic heterocycles. The van der Waals surface area contributed by atoms with Gasteiger partial charge in [-0.05, 0) is 0 Å². The van der Waals surface area contributed by atoms with Gasteiger partial charge in [0.1, 0.15) is 0 Å². The van der Waals surface area contributed by atoms with E-state index in [2.05, 4.69) is 4.98 Å². The zero-order valence-corrected chi connectivity index (χ0v) is 5.88. The number of amides is 1. The van der Waals surface area contributed by atoms with Crippen molar-refractivity contribution in [1.82, 2.24) is 14.9 Å². The van der Waals surface area contributed by atoms with Crippen molar-refractivity contribution in [2.45, 2.75) is 0 Å². The van der Waals surface area contributed by atoms with Gasteiger partial charge in [0.05, 0.1) is 6.33 Å². The van der Waals surface area contributed by atoms with Crippen molar-refractivity contribution >= 4 is 11.7 Å². The molecule has 66 valence electrons. The maximum Gasteiger partial charge on any atom is 0.271 e. The Morgan fingerprint density at radius 2 is 2.67 bits per heavy atom. The molecule has 0 fully saturated rings. The van der Waals surface area contributed by atoms with Crippen LogP contribution < -0.4 is 10.6 Å². The van der Waals surface area contributed by atoms with E-state index in [0.717, 1.165) is 6.33 Å². The van der Waals surface area contributed by atoms with E-state index in [9.17, 15) is 4.79 Å². The Morgan fingerprint density at radius 3 is 3.33 bits per heavy atom. The second kappa shape index (κ2) is 3.25. The number of aromatic nitrogens is 2. The summed E-state index contributed by atoms with van der Waals surface area (Å²) in [4.78, 5) is 15.4. The Hall–Kier alpha value is -1.52. The number of rotatable bonds is 2. The van der Waals surface area contributed by atoms with E-state index in [1.165, 1.54) is 0 Å². The number of carbonyl (C=O) groups excluding carboxylic acids is 1. The van der Waals surface area contributed by atoms with Crippen molar-refractivity contribution < 1.29 is 17.1 Å². The fraction of sp³-hybridized carbons (Fsp3) is 0.429. The predicted octanol–water partition coefficient (Wildman–Crippen LogP) is -0.179. The molecule has 0 atom stereocenters. The molecule has 5 nitrogen and oxygen atoms in total. The summed E-state index contributed by atoms with van der Waals surface area (Å²) in [6.07, 6.45) is 0.732. The van der Waals surface area contributed by atoms with Gasteiger partial charge < -0.3 is 15.2 Å². The van der Waals surface area contributed by atoms with Crippen LogP contribution in [0.15, 0.2) is 6.33 Å². The van der Waals surface area contributed by atoms with E-state index >= 15 is 0 Å². The van der Waals surface area contributed by atoms with Crippen molar-refractivity contribution in [1.29, 1.82) is 0 Å². The first-order valence-electron chi connectivity index (χ1n) is 7.39. The van der Waals surface area contributed by atoms with Crippen LogP contribution in [0.2, 0.25) is 0 Å². The smallest absolute Gasteiger partial charge is 0.271 e. The SMILES string of the molecule is [2H]C([2H])([2H])NC(=O)c1c(NC([2H])([2H])[2H])ncn1C([2H])([2H])[2H]. The molecule has 0 aliphatic carbocycles. The van der Waals surface area contributed by atoms with Crippen LogP contribution >= 0.6 is 0 Å². The van der Waals surface area contributed by atoms with Crippen LogP contribution in [-0.4, -0.2) is 29.4 Å². The zero-order valence-electron chi connectivity index (χ0n) is 14.9. The van der Waals surface area contributed by atoms with Crippen LogP contribution in [0.3, 0.4) is 0 Å². The van der Waals surface area contributed by atoms with Gasteiger partial charge in [-0.3, -0.25) is 4.79 Å². The summed E-state index contributed by atoms with van der Waals surface area (Å²) in [5.74, 6) is -1.83. The molecule has 2 N–H and O–H groups in total. The molecule has 0 spiro atoms. The first kappa shape index (κ1) is 2.48. The molecule has 1 aromatic rings. The van der Waals surface area contributed by atoms with Gasteiger partial charge >= 0.3 is 0 Å². The molecule has 0 saturated heterocycles. The van der Waals surface area contributed by atoms with Crippen LogP contribution in [-0.2, 0) is 6.98 Å². The van der Waals surface area contributed by atoms with Crippen molar-refractivity contribution in [3.63, 3.8) is 0 Å². The highest BCUT2D eigenvalue weighted by Gasteiger charge is 2.13. The summed E-state index contributed by atoms with van der Waals surface area (Å²) >= 11 is 0. The van der Waals surface area contributed by atoms with E-state index in [1.54, 1.807) is 5.32 Å². The van der Waals surface area contributed by atoms with Crippen LogP contribution in [0.1, 0.15) is 22.8 Å². The van der Waals surface area contributed by atoms with Crippen LogP contribution in [0.4, 0.5) is 5.82 Å². The Bertz CT molecular complexity index is 526. The molecule has 0 radical (unpaired) electrons. The van der Waals surface area contributed by atoms with E-state index in [1.807, 2.05) is 5.32 Å². The molecule has 1 rings (SSSR count). The number of anilines is 1. The van der Waals surface area contributed by atoms with Crippen LogP contribution in [0.25, 0.3) is 0 Å². The molecule has 0 aliphatic rings. The summed E-state index contributed by atoms with van der Waals surface area (Å²) < 4.78 is 64.1. The van der Waals surface area contributed by atoms with Crippen LogP contribution in [0.5, 0.6) is 0 Å². The summed E-state index contributed by atoms with van der Waals surface area (Å²) in [6.45, 7) is -8.43. The zero-order chi connectivity index (χ0) is 16.6. The van der Waals surface area contributed by atoms with Gasteiger partial charge in [-0.2, -0.15) is 0 Å². The number of hydrogen-bond donors (Lipinski definition) is 2. The molecule has 0 unspecified atom stereocenters. The predicted molar refractivity (Wildman–Crippen MR) is 46.1 cm³/mol. The van der Waals surface area contributed by atoms with E-state index in [4.69, 9.17) is 12.3 Å². The summed E-state index contributed by atoms with van der Waals surface area (Å²) in [6, 6.07) is 0. The molecular formula is C7H12N4O. The fourth-order valence-electron chi connectivity index (χ4n) is 0.716. The minimum Gasteiger partial charge on any atom is -0.371 e. The summed E-state index contributed by atoms with van der Waals surface area (Å²) in [5.41, 5.74) is -0.706. The Morgan fingerprint density at radius 1 is 1.75 bits per heavy atom. The monoisotopic (exact) mass is 177 g/mol. The van der Waals surface area contributed by atoms with Gasteiger partial charge in [0.25, 0.3) is 5.91 Å². The molecular weight excluding hydrogens is 156 g/mol. The third kappa shape index (κ3) is 1.25. The lowest BCUT2D eigenvalue weighted by Gasteiger charge is -2.02. The van der Waals surface area contributed by atoms with E-state index < -0.39 is 38.3 Å². The number of nitrogens with one attached hydrogen (secondary N) is 2. The lowest BCUT2D eigenvalue weighted by molar-refractivity contribution is 0.0956. The van der Waals surface area contributed by atoms with Gasteiger partial charge in [-0.25, -0.2) is 4.98 Å². The average molecular weight is 177 g/mol. The minimum absolute atomic E-state index is 0.419. The average Bonchev–Trinajstić information content (AvgIpc) is 2.54. The molecule has 12 heavy (non-hydrogen) atoms. The van der Waals surface area contributed by atoms with Crippen molar-refractivity contribution in [3.05, 3.63) is 12.0 Å². The minimum atomic E-state index is -2.86. The number of imidazole rings is 1. The molecule has 0 saturated carbocycles. The summed E-state index contributed by atoms with van der Waals surface area (Å²) in [7, 11) is 0. The maximum atomic E-state index is 11.9. The third-order valence-corrected chi connectivity index (χ3v) is 1.21. The van der Waals surface area contributed by atoms with Crippen LogP contribution in [0, 0.1) is 0 Å². The van der Waals surface area contributed by atoms with Crippen molar-refractivity contribution in [3.8, 4) is 0 Å². The highest BCUT2D eigenvalue weighted by Crippen LogP contribution is 2.10. The van der Waals surface area contributed by atoms with Gasteiger partial charge in [0.2, 0.25) is 0 Å². The third-order valence-electron chi connectivity index (χ3n) is 1.21. The maximum absolute atomic E-state index is 11.9. The Balaban J connectivity index is 3.30. The van der Waals surface area contributed by atoms with E-state index in [-0.39, 0.29) is 0 Å². The highest BCUT2D eigenvalue weighted by atomic mass is 16.1. The lowest BCUT2D eigenvalue weighted by Crippen LogP contribution is -2.21.